The first-order valence-electron chi connectivity index (χ1n) is 5.09. The highest BCUT2D eigenvalue weighted by Crippen LogP contribution is 2.35. The first kappa shape index (κ1) is 9.69. The number of aliphatic hydroxyl groups excluding tert-OH is 1. The molecular weight excluding hydrogens is 176 g/mol. The molecule has 0 amide bonds. The summed E-state index contributed by atoms with van der Waals surface area (Å²) in [6, 6.07) is 6.04. The summed E-state index contributed by atoms with van der Waals surface area (Å²) in [5, 5.41) is 19.4. The van der Waals surface area contributed by atoms with E-state index in [0.717, 1.165) is 18.4 Å². The minimum Gasteiger partial charge on any atom is -0.393 e. The number of hydrogen-bond acceptors (Lipinski definition) is 2. The zero-order chi connectivity index (χ0) is 10.2. The van der Waals surface area contributed by atoms with E-state index in [1.54, 1.807) is 0 Å². The summed E-state index contributed by atoms with van der Waals surface area (Å²) in [5.41, 5.74) is 2.32. The topological polar surface area (TPSA) is 40.5 Å². The van der Waals surface area contributed by atoms with Crippen LogP contribution in [0, 0.1) is 6.92 Å². The van der Waals surface area contributed by atoms with Crippen LogP contribution < -0.4 is 0 Å². The molecule has 1 atom stereocenters. The van der Waals surface area contributed by atoms with Gasteiger partial charge in [0.2, 0.25) is 0 Å². The molecule has 2 N–H and O–H groups in total. The molecule has 1 aromatic rings. The molecule has 1 aliphatic rings. The summed E-state index contributed by atoms with van der Waals surface area (Å²) in [5.74, 6) is 0. The zero-order valence-electron chi connectivity index (χ0n) is 8.45. The monoisotopic (exact) mass is 192 g/mol. The van der Waals surface area contributed by atoms with E-state index in [-0.39, 0.29) is 6.61 Å². The van der Waals surface area contributed by atoms with Gasteiger partial charge in [0.25, 0.3) is 0 Å². The lowest BCUT2D eigenvalue weighted by molar-refractivity contribution is -0.0327. The smallest absolute Gasteiger partial charge is 0.113 e. The average Bonchev–Trinajstić information content (AvgIpc) is 2.18. The second-order valence-corrected chi connectivity index (χ2v) is 4.20. The van der Waals surface area contributed by atoms with Gasteiger partial charge in [-0.25, -0.2) is 0 Å². The highest BCUT2D eigenvalue weighted by Gasteiger charge is 2.33. The van der Waals surface area contributed by atoms with E-state index >= 15 is 0 Å². The fourth-order valence-electron chi connectivity index (χ4n) is 2.25. The van der Waals surface area contributed by atoms with Gasteiger partial charge < -0.3 is 10.2 Å². The summed E-state index contributed by atoms with van der Waals surface area (Å²) < 4.78 is 0. The number of aryl methyl sites for hydroxylation is 2. The number of aliphatic hydroxyl groups is 2. The van der Waals surface area contributed by atoms with Gasteiger partial charge in [-0.3, -0.25) is 0 Å². The summed E-state index contributed by atoms with van der Waals surface area (Å²) in [7, 11) is 0. The highest BCUT2D eigenvalue weighted by molar-refractivity contribution is 5.37. The second kappa shape index (κ2) is 3.37. The Balaban J connectivity index is 2.50. The van der Waals surface area contributed by atoms with Crippen LogP contribution >= 0.6 is 0 Å². The third-order valence-electron chi connectivity index (χ3n) is 3.06. The van der Waals surface area contributed by atoms with E-state index < -0.39 is 5.60 Å². The molecule has 2 rings (SSSR count). The first-order valence-corrected chi connectivity index (χ1v) is 5.09. The lowest BCUT2D eigenvalue weighted by Crippen LogP contribution is -2.34. The van der Waals surface area contributed by atoms with E-state index in [2.05, 4.69) is 6.07 Å². The van der Waals surface area contributed by atoms with Crippen molar-refractivity contribution in [2.75, 3.05) is 6.61 Å². The van der Waals surface area contributed by atoms with Gasteiger partial charge in [0.1, 0.15) is 5.60 Å². The second-order valence-electron chi connectivity index (χ2n) is 4.20. The molecule has 1 aromatic carbocycles. The summed E-state index contributed by atoms with van der Waals surface area (Å²) in [4.78, 5) is 0. The normalized spacial score (nSPS) is 25.9. The van der Waals surface area contributed by atoms with Gasteiger partial charge in [0.15, 0.2) is 0 Å². The lowest BCUT2D eigenvalue weighted by Gasteiger charge is -2.33. The molecule has 0 bridgehead atoms. The van der Waals surface area contributed by atoms with Crippen molar-refractivity contribution in [1.82, 2.24) is 0 Å². The van der Waals surface area contributed by atoms with Crippen LogP contribution in [0.15, 0.2) is 18.2 Å². The largest absolute Gasteiger partial charge is 0.393 e. The predicted octanol–water partition coefficient (Wildman–Crippen LogP) is 1.51. The standard InChI is InChI=1S/C12H16O2/c1-9-4-5-11-10(7-9)3-2-6-12(11,14)8-13/h4-5,7,13-14H,2-3,6,8H2,1H3. The van der Waals surface area contributed by atoms with Crippen molar-refractivity contribution in [1.29, 1.82) is 0 Å². The molecule has 76 valence electrons. The number of rotatable bonds is 1. The van der Waals surface area contributed by atoms with Gasteiger partial charge in [-0.1, -0.05) is 23.8 Å². The predicted molar refractivity (Wildman–Crippen MR) is 55.1 cm³/mol. The Morgan fingerprint density at radius 3 is 2.93 bits per heavy atom. The van der Waals surface area contributed by atoms with Gasteiger partial charge in [0.05, 0.1) is 6.61 Å². The Morgan fingerprint density at radius 2 is 2.21 bits per heavy atom. The van der Waals surface area contributed by atoms with E-state index in [1.165, 1.54) is 11.1 Å². The molecule has 1 aliphatic carbocycles. The van der Waals surface area contributed by atoms with Gasteiger partial charge in [0, 0.05) is 0 Å². The van der Waals surface area contributed by atoms with Crippen LogP contribution in [-0.4, -0.2) is 16.8 Å². The summed E-state index contributed by atoms with van der Waals surface area (Å²) >= 11 is 0. The highest BCUT2D eigenvalue weighted by atomic mass is 16.3. The van der Waals surface area contributed by atoms with Crippen molar-refractivity contribution in [3.63, 3.8) is 0 Å². The number of fused-ring (bicyclic) bond motifs is 1. The minimum absolute atomic E-state index is 0.178. The number of hydrogen-bond donors (Lipinski definition) is 2. The van der Waals surface area contributed by atoms with Crippen molar-refractivity contribution in [2.45, 2.75) is 31.8 Å². The van der Waals surface area contributed by atoms with Crippen LogP contribution in [0.3, 0.4) is 0 Å². The Morgan fingerprint density at radius 1 is 1.43 bits per heavy atom. The molecule has 0 fully saturated rings. The van der Waals surface area contributed by atoms with Crippen molar-refractivity contribution in [2.24, 2.45) is 0 Å². The van der Waals surface area contributed by atoms with Crippen LogP contribution in [0.25, 0.3) is 0 Å². The van der Waals surface area contributed by atoms with E-state index in [4.69, 9.17) is 0 Å². The Kier molecular flexibility index (Phi) is 2.33. The van der Waals surface area contributed by atoms with Crippen LogP contribution in [0.2, 0.25) is 0 Å². The Labute approximate surface area is 84.2 Å². The van der Waals surface area contributed by atoms with E-state index in [1.807, 2.05) is 19.1 Å². The summed E-state index contributed by atoms with van der Waals surface area (Å²) in [6.45, 7) is 1.87. The van der Waals surface area contributed by atoms with Gasteiger partial charge in [-0.05, 0) is 37.3 Å². The maximum Gasteiger partial charge on any atom is 0.113 e. The van der Waals surface area contributed by atoms with Crippen molar-refractivity contribution in [3.8, 4) is 0 Å². The lowest BCUT2D eigenvalue weighted by atomic mass is 9.79. The molecular formula is C12H16O2. The third kappa shape index (κ3) is 1.45. The SMILES string of the molecule is Cc1ccc2c(c1)CCCC2(O)CO. The van der Waals surface area contributed by atoms with Crippen molar-refractivity contribution >= 4 is 0 Å². The Bertz CT molecular complexity index is 346. The fourth-order valence-corrected chi connectivity index (χ4v) is 2.25. The zero-order valence-corrected chi connectivity index (χ0v) is 8.45. The molecule has 1 unspecified atom stereocenters. The average molecular weight is 192 g/mol. The quantitative estimate of drug-likeness (QED) is 0.708. The van der Waals surface area contributed by atoms with Gasteiger partial charge >= 0.3 is 0 Å². The Hall–Kier alpha value is -0.860. The molecule has 0 radical (unpaired) electrons. The van der Waals surface area contributed by atoms with Crippen molar-refractivity contribution in [3.05, 3.63) is 34.9 Å². The summed E-state index contributed by atoms with van der Waals surface area (Å²) in [6.07, 6.45) is 2.63. The molecule has 0 aliphatic heterocycles. The molecule has 2 nitrogen and oxygen atoms in total. The minimum atomic E-state index is -0.999. The van der Waals surface area contributed by atoms with Gasteiger partial charge in [-0.2, -0.15) is 0 Å². The van der Waals surface area contributed by atoms with Gasteiger partial charge in [-0.15, -0.1) is 0 Å². The first-order chi connectivity index (χ1) is 6.65. The molecule has 14 heavy (non-hydrogen) atoms. The fraction of sp³-hybridized carbons (Fsp3) is 0.500. The molecule has 2 heteroatoms. The molecule has 0 heterocycles. The van der Waals surface area contributed by atoms with Crippen LogP contribution in [-0.2, 0) is 12.0 Å². The van der Waals surface area contributed by atoms with E-state index in [9.17, 15) is 10.2 Å². The molecule has 0 spiro atoms. The third-order valence-corrected chi connectivity index (χ3v) is 3.06. The van der Waals surface area contributed by atoms with E-state index in [0.29, 0.717) is 6.42 Å². The number of benzene rings is 1. The van der Waals surface area contributed by atoms with Crippen molar-refractivity contribution < 1.29 is 10.2 Å². The van der Waals surface area contributed by atoms with Crippen LogP contribution in [0.5, 0.6) is 0 Å². The molecule has 0 saturated carbocycles. The van der Waals surface area contributed by atoms with Crippen LogP contribution in [0.4, 0.5) is 0 Å². The maximum atomic E-state index is 10.2. The van der Waals surface area contributed by atoms with Crippen LogP contribution in [0.1, 0.15) is 29.5 Å². The molecule has 0 saturated heterocycles. The maximum absolute atomic E-state index is 10.2. The molecule has 0 aromatic heterocycles.